The second kappa shape index (κ2) is 8.77. The van der Waals surface area contributed by atoms with Gasteiger partial charge in [0.2, 0.25) is 0 Å². The van der Waals surface area contributed by atoms with Gasteiger partial charge in [-0.3, -0.25) is 0 Å². The van der Waals surface area contributed by atoms with Gasteiger partial charge in [-0.05, 0) is 0 Å². The van der Waals surface area contributed by atoms with Crippen LogP contribution in [-0.2, 0) is 20.4 Å². The van der Waals surface area contributed by atoms with E-state index in [9.17, 15) is 0 Å². The molecule has 2 aliphatic rings. The predicted molar refractivity (Wildman–Crippen MR) is 134 cm³/mol. The maximum absolute atomic E-state index is 2.51. The molecule has 0 fully saturated rings. The first-order valence-corrected chi connectivity index (χ1v) is 19.3. The zero-order chi connectivity index (χ0) is 21.3. The van der Waals surface area contributed by atoms with Crippen LogP contribution >= 0.6 is 0 Å². The van der Waals surface area contributed by atoms with E-state index in [1.807, 2.05) is 0 Å². The minimum absolute atomic E-state index is 0.580. The van der Waals surface area contributed by atoms with Crippen LogP contribution < -0.4 is 10.4 Å². The summed E-state index contributed by atoms with van der Waals surface area (Å²) in [5.74, 6) is 0. The molecular weight excluding hydrogens is 480 g/mol. The van der Waals surface area contributed by atoms with Gasteiger partial charge in [-0.2, -0.15) is 0 Å². The Bertz CT molecular complexity index is 1270. The van der Waals surface area contributed by atoms with Gasteiger partial charge in [0.1, 0.15) is 0 Å². The fourth-order valence-corrected chi connectivity index (χ4v) is 28.4. The molecule has 0 atom stereocenters. The van der Waals surface area contributed by atoms with Crippen molar-refractivity contribution in [3.05, 3.63) is 145 Å². The van der Waals surface area contributed by atoms with Gasteiger partial charge in [0.25, 0.3) is 0 Å². The molecule has 0 spiro atoms. The molecule has 0 saturated carbocycles. The van der Waals surface area contributed by atoms with E-state index < -0.39 is 25.8 Å². The molecule has 0 saturated heterocycles. The van der Waals surface area contributed by atoms with E-state index in [0.29, 0.717) is 7.25 Å². The second-order valence-electron chi connectivity index (χ2n) is 8.47. The van der Waals surface area contributed by atoms with Crippen molar-refractivity contribution >= 4 is 15.8 Å². The van der Waals surface area contributed by atoms with Gasteiger partial charge in [0.05, 0.1) is 0 Å². The van der Waals surface area contributed by atoms with E-state index in [4.69, 9.17) is 0 Å². The third-order valence-corrected chi connectivity index (χ3v) is 27.0. The third-order valence-electron chi connectivity index (χ3n) is 6.67. The van der Waals surface area contributed by atoms with Crippen LogP contribution in [0.3, 0.4) is 0 Å². The first-order valence-electron chi connectivity index (χ1n) is 11.3. The molecular formula is C30H24SiZr. The molecule has 0 unspecified atom stereocenters. The minimum atomic E-state index is -2.26. The summed E-state index contributed by atoms with van der Waals surface area (Å²) in [5, 5.41) is 3.15. The first kappa shape index (κ1) is 20.1. The van der Waals surface area contributed by atoms with Crippen LogP contribution in [0.15, 0.2) is 133 Å². The standard InChI is InChI=1S/C13H9.C12H10Si.C5H5.Zr/c1-3-7-12-10(5-1)9-11-6-2-4-8-13(11)12;1-3-7-11(8-4-1)13-12-9-5-2-6-10-12;1-2-4-5-3-1;/h1-9H;1-10H;1-5H;. The molecule has 4 aromatic rings. The summed E-state index contributed by atoms with van der Waals surface area (Å²) in [5.41, 5.74) is 5.17. The molecule has 2 heteroatoms. The van der Waals surface area contributed by atoms with Gasteiger partial charge >= 0.3 is 199 Å². The Morgan fingerprint density at radius 2 is 0.938 bits per heavy atom. The van der Waals surface area contributed by atoms with Crippen molar-refractivity contribution in [2.24, 2.45) is 0 Å². The molecule has 152 valence electrons. The van der Waals surface area contributed by atoms with E-state index in [1.54, 1.807) is 21.5 Å². The Hall–Kier alpha value is -2.54. The quantitative estimate of drug-likeness (QED) is 0.295. The molecule has 4 aromatic carbocycles. The van der Waals surface area contributed by atoms with Gasteiger partial charge in [-0.15, -0.1) is 0 Å². The number of fused-ring (bicyclic) bond motifs is 3. The van der Waals surface area contributed by atoms with Gasteiger partial charge in [0, 0.05) is 0 Å². The zero-order valence-electron chi connectivity index (χ0n) is 17.9. The summed E-state index contributed by atoms with van der Waals surface area (Å²) in [6.45, 7) is 0. The average molecular weight is 504 g/mol. The molecule has 0 radical (unpaired) electrons. The molecule has 0 heterocycles. The van der Waals surface area contributed by atoms with Crippen molar-refractivity contribution in [2.45, 2.75) is 7.25 Å². The van der Waals surface area contributed by atoms with Crippen LogP contribution in [0.5, 0.6) is 0 Å². The summed E-state index contributed by atoms with van der Waals surface area (Å²) in [6.07, 6.45) is 9.59. The molecule has 2 aliphatic carbocycles. The normalized spacial score (nSPS) is 14.4. The van der Waals surface area contributed by atoms with Gasteiger partial charge in [-0.1, -0.05) is 0 Å². The zero-order valence-corrected chi connectivity index (χ0v) is 21.3. The SMILES string of the molecule is C1=C[CH]([Zr]([CH]2c3ccccc3-c3ccccc32)=[Si](c2ccccc2)c2ccccc2)C=C1. The fourth-order valence-electron chi connectivity index (χ4n) is 5.34. The maximum atomic E-state index is 2.51. The summed E-state index contributed by atoms with van der Waals surface area (Å²) >= 11 is -2.26. The van der Waals surface area contributed by atoms with Crippen molar-refractivity contribution in [2.75, 3.05) is 0 Å². The predicted octanol–water partition coefficient (Wildman–Crippen LogP) is 6.10. The van der Waals surface area contributed by atoms with E-state index in [2.05, 4.69) is 133 Å². The van der Waals surface area contributed by atoms with Crippen LogP contribution in [0.25, 0.3) is 11.1 Å². The van der Waals surface area contributed by atoms with Crippen molar-refractivity contribution in [3.63, 3.8) is 0 Å². The molecule has 0 bridgehead atoms. The van der Waals surface area contributed by atoms with E-state index in [-0.39, 0.29) is 0 Å². The van der Waals surface area contributed by atoms with Crippen LogP contribution in [0.1, 0.15) is 14.8 Å². The molecule has 0 amide bonds. The molecule has 0 N–H and O–H groups in total. The summed E-state index contributed by atoms with van der Waals surface area (Å²) in [6, 6.07) is 41.3. The van der Waals surface area contributed by atoms with Gasteiger partial charge < -0.3 is 0 Å². The Kier molecular flexibility index (Phi) is 5.51. The average Bonchev–Trinajstić information content (AvgIpc) is 3.51. The molecule has 0 aliphatic heterocycles. The third kappa shape index (κ3) is 3.47. The van der Waals surface area contributed by atoms with Gasteiger partial charge in [-0.25, -0.2) is 0 Å². The number of rotatable bonds is 4. The first-order chi connectivity index (χ1) is 15.9. The summed E-state index contributed by atoms with van der Waals surface area (Å²) in [4.78, 5) is 0. The Balaban J connectivity index is 1.72. The van der Waals surface area contributed by atoms with Crippen molar-refractivity contribution < 1.29 is 20.4 Å². The number of benzene rings is 4. The van der Waals surface area contributed by atoms with E-state index in [1.165, 1.54) is 11.1 Å². The summed E-state index contributed by atoms with van der Waals surface area (Å²) in [7, 11) is 0. The Morgan fingerprint density at radius 1 is 0.500 bits per heavy atom. The van der Waals surface area contributed by atoms with Crippen molar-refractivity contribution in [1.82, 2.24) is 0 Å². The van der Waals surface area contributed by atoms with Crippen LogP contribution in [-0.4, -0.2) is 5.43 Å². The monoisotopic (exact) mass is 502 g/mol. The van der Waals surface area contributed by atoms with Crippen LogP contribution in [0.4, 0.5) is 0 Å². The molecule has 0 aromatic heterocycles. The van der Waals surface area contributed by atoms with Crippen LogP contribution in [0, 0.1) is 0 Å². The molecule has 6 rings (SSSR count). The number of allylic oxidation sites excluding steroid dienone is 4. The van der Waals surface area contributed by atoms with E-state index in [0.717, 1.165) is 0 Å². The second-order valence-corrected chi connectivity index (χ2v) is 22.8. The topological polar surface area (TPSA) is 0 Å². The van der Waals surface area contributed by atoms with Gasteiger partial charge in [0.15, 0.2) is 0 Å². The fraction of sp³-hybridized carbons (Fsp3) is 0.0667. The van der Waals surface area contributed by atoms with Crippen LogP contribution in [0.2, 0.25) is 3.63 Å². The molecule has 32 heavy (non-hydrogen) atoms. The summed E-state index contributed by atoms with van der Waals surface area (Å²) < 4.78 is 1.20. The number of hydrogen-bond acceptors (Lipinski definition) is 0. The van der Waals surface area contributed by atoms with Crippen molar-refractivity contribution in [3.8, 4) is 11.1 Å². The van der Waals surface area contributed by atoms with Crippen molar-refractivity contribution in [1.29, 1.82) is 0 Å². The Morgan fingerprint density at radius 3 is 1.44 bits per heavy atom. The molecule has 0 nitrogen and oxygen atoms in total. The van der Waals surface area contributed by atoms with E-state index >= 15 is 0 Å². The Labute approximate surface area is 198 Å². The number of hydrogen-bond donors (Lipinski definition) is 0.